The first-order valence-electron chi connectivity index (χ1n) is 7.92. The van der Waals surface area contributed by atoms with Crippen molar-refractivity contribution in [1.29, 1.82) is 0 Å². The predicted octanol–water partition coefficient (Wildman–Crippen LogP) is 2.18. The quantitative estimate of drug-likeness (QED) is 0.720. The summed E-state index contributed by atoms with van der Waals surface area (Å²) in [6.45, 7) is 4.74. The van der Waals surface area contributed by atoms with Crippen LogP contribution in [0.3, 0.4) is 0 Å². The summed E-state index contributed by atoms with van der Waals surface area (Å²) in [6.07, 6.45) is 0. The van der Waals surface area contributed by atoms with Crippen molar-refractivity contribution in [3.05, 3.63) is 53.6 Å². The Labute approximate surface area is 152 Å². The molecule has 2 rings (SSSR count). The van der Waals surface area contributed by atoms with E-state index in [4.69, 9.17) is 0 Å². The molecule has 7 nitrogen and oxygen atoms in total. The second-order valence-electron chi connectivity index (χ2n) is 5.90. The van der Waals surface area contributed by atoms with E-state index in [0.717, 1.165) is 11.1 Å². The van der Waals surface area contributed by atoms with Crippen molar-refractivity contribution in [3.8, 4) is 0 Å². The lowest BCUT2D eigenvalue weighted by atomic mass is 10.1. The van der Waals surface area contributed by atoms with Gasteiger partial charge in [0.2, 0.25) is 21.8 Å². The largest absolute Gasteiger partial charge is 0.326 e. The second-order valence-corrected chi connectivity index (χ2v) is 7.66. The molecule has 0 bridgehead atoms. The lowest BCUT2D eigenvalue weighted by Gasteiger charge is -2.11. The molecule has 0 atom stereocenters. The topological polar surface area (TPSA) is 104 Å². The van der Waals surface area contributed by atoms with E-state index in [1.165, 1.54) is 31.2 Å². The van der Waals surface area contributed by atoms with Crippen molar-refractivity contribution in [1.82, 2.24) is 4.72 Å². The summed E-state index contributed by atoms with van der Waals surface area (Å²) in [5.74, 6) is -0.709. The normalized spacial score (nSPS) is 11.0. The molecule has 0 unspecified atom stereocenters. The minimum atomic E-state index is -3.83. The van der Waals surface area contributed by atoms with E-state index in [-0.39, 0.29) is 17.3 Å². The number of hydrogen-bond donors (Lipinski definition) is 3. The highest BCUT2D eigenvalue weighted by Crippen LogP contribution is 2.16. The number of amides is 2. The zero-order chi connectivity index (χ0) is 19.3. The van der Waals surface area contributed by atoms with Crippen LogP contribution in [0, 0.1) is 13.8 Å². The lowest BCUT2D eigenvalue weighted by molar-refractivity contribution is -0.115. The van der Waals surface area contributed by atoms with Gasteiger partial charge in [-0.25, -0.2) is 13.1 Å². The molecule has 0 spiro atoms. The molecule has 2 aromatic rings. The van der Waals surface area contributed by atoms with Crippen LogP contribution < -0.4 is 15.4 Å². The van der Waals surface area contributed by atoms with E-state index >= 15 is 0 Å². The molecular weight excluding hydrogens is 354 g/mol. The van der Waals surface area contributed by atoms with E-state index in [0.29, 0.717) is 11.4 Å². The molecule has 0 aliphatic carbocycles. The highest BCUT2D eigenvalue weighted by Gasteiger charge is 2.16. The van der Waals surface area contributed by atoms with Crippen molar-refractivity contribution in [2.24, 2.45) is 0 Å². The van der Waals surface area contributed by atoms with E-state index < -0.39 is 15.9 Å². The minimum absolute atomic E-state index is 0.00568. The number of rotatable bonds is 6. The predicted molar refractivity (Wildman–Crippen MR) is 100 cm³/mol. The Hall–Kier alpha value is -2.71. The smallest absolute Gasteiger partial charge is 0.241 e. The molecule has 0 aliphatic heterocycles. The van der Waals surface area contributed by atoms with Crippen LogP contribution in [0.2, 0.25) is 0 Å². The van der Waals surface area contributed by atoms with E-state index in [1.807, 2.05) is 32.0 Å². The molecule has 0 aliphatic rings. The van der Waals surface area contributed by atoms with Crippen LogP contribution in [0.25, 0.3) is 0 Å². The van der Waals surface area contributed by atoms with Gasteiger partial charge in [0, 0.05) is 18.3 Å². The summed E-state index contributed by atoms with van der Waals surface area (Å²) >= 11 is 0. The van der Waals surface area contributed by atoms with Crippen LogP contribution in [0.5, 0.6) is 0 Å². The molecule has 2 amide bonds. The van der Waals surface area contributed by atoms with Crippen LogP contribution in [0.15, 0.2) is 47.4 Å². The number of nitrogens with one attached hydrogen (secondary N) is 3. The highest BCUT2D eigenvalue weighted by atomic mass is 32.2. The molecule has 138 valence electrons. The first kappa shape index (κ1) is 19.6. The summed E-state index contributed by atoms with van der Waals surface area (Å²) in [5.41, 5.74) is 3.02. The maximum absolute atomic E-state index is 12.3. The number of benzene rings is 2. The third kappa shape index (κ3) is 5.40. The molecule has 2 aromatic carbocycles. The zero-order valence-corrected chi connectivity index (χ0v) is 15.6. The molecule has 3 N–H and O–H groups in total. The number of hydrogen-bond acceptors (Lipinski definition) is 4. The average Bonchev–Trinajstić information content (AvgIpc) is 2.56. The van der Waals surface area contributed by atoms with Gasteiger partial charge in [0.25, 0.3) is 0 Å². The minimum Gasteiger partial charge on any atom is -0.326 e. The van der Waals surface area contributed by atoms with Gasteiger partial charge in [-0.1, -0.05) is 12.1 Å². The van der Waals surface area contributed by atoms with Crippen LogP contribution in [-0.4, -0.2) is 26.8 Å². The molecule has 26 heavy (non-hydrogen) atoms. The molecule has 8 heteroatoms. The van der Waals surface area contributed by atoms with Gasteiger partial charge in [0.15, 0.2) is 0 Å². The summed E-state index contributed by atoms with van der Waals surface area (Å²) in [7, 11) is -3.83. The Bertz CT molecular complexity index is 922. The number of carbonyl (C=O) groups is 2. The number of aryl methyl sites for hydroxylation is 2. The van der Waals surface area contributed by atoms with E-state index in [1.54, 1.807) is 0 Å². The van der Waals surface area contributed by atoms with E-state index in [2.05, 4.69) is 15.4 Å². The van der Waals surface area contributed by atoms with Gasteiger partial charge in [-0.3, -0.25) is 9.59 Å². The van der Waals surface area contributed by atoms with E-state index in [9.17, 15) is 18.0 Å². The molecule has 0 saturated heterocycles. The average molecular weight is 375 g/mol. The third-order valence-electron chi connectivity index (χ3n) is 3.57. The van der Waals surface area contributed by atoms with Crippen molar-refractivity contribution in [2.45, 2.75) is 25.7 Å². The van der Waals surface area contributed by atoms with Gasteiger partial charge in [-0.15, -0.1) is 0 Å². The van der Waals surface area contributed by atoms with Crippen molar-refractivity contribution >= 4 is 33.2 Å². The first-order valence-corrected chi connectivity index (χ1v) is 9.40. The number of sulfonamides is 1. The highest BCUT2D eigenvalue weighted by molar-refractivity contribution is 7.89. The van der Waals surface area contributed by atoms with Gasteiger partial charge in [-0.2, -0.15) is 0 Å². The molecule has 0 saturated carbocycles. The standard InChI is InChI=1S/C18H21N3O4S/c1-12-4-5-13(2)17(10-12)21-18(23)11-19-26(24,25)16-8-6-15(7-9-16)20-14(3)22/h4-10,19H,11H2,1-3H3,(H,20,22)(H,21,23). The van der Waals surface area contributed by atoms with Crippen LogP contribution >= 0.6 is 0 Å². The second kappa shape index (κ2) is 8.11. The number of carbonyl (C=O) groups excluding carboxylic acids is 2. The summed E-state index contributed by atoms with van der Waals surface area (Å²) in [5, 5.41) is 5.24. The Morgan fingerprint density at radius 1 is 0.962 bits per heavy atom. The summed E-state index contributed by atoms with van der Waals surface area (Å²) in [6, 6.07) is 11.3. The van der Waals surface area contributed by atoms with Gasteiger partial charge >= 0.3 is 0 Å². The van der Waals surface area contributed by atoms with Crippen LogP contribution in [-0.2, 0) is 19.6 Å². The summed E-state index contributed by atoms with van der Waals surface area (Å²) in [4.78, 5) is 23.0. The maximum Gasteiger partial charge on any atom is 0.241 e. The summed E-state index contributed by atoms with van der Waals surface area (Å²) < 4.78 is 26.8. The fourth-order valence-corrected chi connectivity index (χ4v) is 3.21. The zero-order valence-electron chi connectivity index (χ0n) is 14.8. The van der Waals surface area contributed by atoms with Crippen molar-refractivity contribution in [3.63, 3.8) is 0 Å². The Balaban J connectivity index is 1.99. The van der Waals surface area contributed by atoms with Crippen LogP contribution in [0.4, 0.5) is 11.4 Å². The first-order chi connectivity index (χ1) is 12.2. The molecule has 0 radical (unpaired) electrons. The number of anilines is 2. The van der Waals surface area contributed by atoms with Gasteiger partial charge in [0.1, 0.15) is 0 Å². The monoisotopic (exact) mass is 375 g/mol. The van der Waals surface area contributed by atoms with Gasteiger partial charge in [0.05, 0.1) is 11.4 Å². The fourth-order valence-electron chi connectivity index (χ4n) is 2.23. The van der Waals surface area contributed by atoms with Gasteiger partial charge in [-0.05, 0) is 55.3 Å². The molecule has 0 aromatic heterocycles. The SMILES string of the molecule is CC(=O)Nc1ccc(S(=O)(=O)NCC(=O)Nc2cc(C)ccc2C)cc1. The Morgan fingerprint density at radius 2 is 1.62 bits per heavy atom. The molecule has 0 fully saturated rings. The van der Waals surface area contributed by atoms with Crippen LogP contribution in [0.1, 0.15) is 18.1 Å². The lowest BCUT2D eigenvalue weighted by Crippen LogP contribution is -2.33. The Kier molecular flexibility index (Phi) is 6.12. The maximum atomic E-state index is 12.3. The molecule has 0 heterocycles. The van der Waals surface area contributed by atoms with Crippen molar-refractivity contribution in [2.75, 3.05) is 17.2 Å². The van der Waals surface area contributed by atoms with Crippen molar-refractivity contribution < 1.29 is 18.0 Å². The third-order valence-corrected chi connectivity index (χ3v) is 4.99. The fraction of sp³-hybridized carbons (Fsp3) is 0.222. The Morgan fingerprint density at radius 3 is 2.23 bits per heavy atom. The molecular formula is C18H21N3O4S. The van der Waals surface area contributed by atoms with Gasteiger partial charge < -0.3 is 10.6 Å².